The van der Waals surface area contributed by atoms with Crippen molar-refractivity contribution in [3.8, 4) is 0 Å². The highest BCUT2D eigenvalue weighted by molar-refractivity contribution is 5.76. The minimum Gasteiger partial charge on any atom is -0.393 e. The molecule has 4 atom stereocenters. The summed E-state index contributed by atoms with van der Waals surface area (Å²) >= 11 is 0. The van der Waals surface area contributed by atoms with E-state index in [9.17, 15) is 9.90 Å². The van der Waals surface area contributed by atoms with E-state index in [1.165, 1.54) is 12.8 Å². The summed E-state index contributed by atoms with van der Waals surface area (Å²) in [4.78, 5) is 12.1. The number of hydrogen-bond donors (Lipinski definition) is 3. The van der Waals surface area contributed by atoms with Crippen LogP contribution in [0.3, 0.4) is 0 Å². The van der Waals surface area contributed by atoms with Crippen LogP contribution in [-0.4, -0.2) is 36.2 Å². The van der Waals surface area contributed by atoms with Gasteiger partial charge >= 0.3 is 0 Å². The Morgan fingerprint density at radius 3 is 2.89 bits per heavy atom. The van der Waals surface area contributed by atoms with E-state index >= 15 is 0 Å². The summed E-state index contributed by atoms with van der Waals surface area (Å²) in [5.41, 5.74) is 0. The number of aliphatic hydroxyl groups excluding tert-OH is 1. The van der Waals surface area contributed by atoms with E-state index in [4.69, 9.17) is 0 Å². The summed E-state index contributed by atoms with van der Waals surface area (Å²) in [6.45, 7) is 4.36. The summed E-state index contributed by atoms with van der Waals surface area (Å²) in [6.07, 6.45) is 6.52. The molecule has 4 heteroatoms. The highest BCUT2D eigenvalue weighted by Crippen LogP contribution is 2.23. The van der Waals surface area contributed by atoms with Crippen LogP contribution in [0.25, 0.3) is 0 Å². The van der Waals surface area contributed by atoms with Crippen molar-refractivity contribution >= 4 is 5.91 Å². The van der Waals surface area contributed by atoms with Gasteiger partial charge in [-0.3, -0.25) is 4.79 Å². The molecule has 1 aliphatic heterocycles. The zero-order valence-corrected chi connectivity index (χ0v) is 12.0. The lowest BCUT2D eigenvalue weighted by atomic mass is 9.85. The molecule has 0 spiro atoms. The second-order valence-electron chi connectivity index (χ2n) is 6.37. The van der Waals surface area contributed by atoms with Gasteiger partial charge in [-0.15, -0.1) is 0 Å². The van der Waals surface area contributed by atoms with Crippen LogP contribution < -0.4 is 10.6 Å². The van der Waals surface area contributed by atoms with Crippen LogP contribution in [0.1, 0.15) is 51.9 Å². The van der Waals surface area contributed by atoms with Crippen molar-refractivity contribution in [3.05, 3.63) is 0 Å². The SMILES string of the molecule is CC(CC(=O)NC1CCCC(O)C1)C1CCCNC1. The maximum absolute atomic E-state index is 12.1. The molecule has 3 N–H and O–H groups in total. The molecule has 0 radical (unpaired) electrons. The maximum Gasteiger partial charge on any atom is 0.220 e. The Hall–Kier alpha value is -0.610. The zero-order chi connectivity index (χ0) is 13.7. The van der Waals surface area contributed by atoms with Crippen LogP contribution in [0.15, 0.2) is 0 Å². The fourth-order valence-corrected chi connectivity index (χ4v) is 3.41. The van der Waals surface area contributed by atoms with Crippen LogP contribution in [0.2, 0.25) is 0 Å². The lowest BCUT2D eigenvalue weighted by Gasteiger charge is -2.30. The minimum atomic E-state index is -0.223. The van der Waals surface area contributed by atoms with Gasteiger partial charge in [0.15, 0.2) is 0 Å². The lowest BCUT2D eigenvalue weighted by Crippen LogP contribution is -2.41. The number of amides is 1. The van der Waals surface area contributed by atoms with E-state index in [2.05, 4.69) is 17.6 Å². The first-order chi connectivity index (χ1) is 9.15. The number of rotatable bonds is 4. The zero-order valence-electron chi connectivity index (χ0n) is 12.0. The third-order valence-corrected chi connectivity index (χ3v) is 4.66. The molecular weight excluding hydrogens is 240 g/mol. The molecule has 0 aromatic carbocycles. The van der Waals surface area contributed by atoms with Crippen LogP contribution in [-0.2, 0) is 4.79 Å². The first-order valence-corrected chi connectivity index (χ1v) is 7.83. The topological polar surface area (TPSA) is 61.4 Å². The Morgan fingerprint density at radius 1 is 1.37 bits per heavy atom. The van der Waals surface area contributed by atoms with Gasteiger partial charge in [0.25, 0.3) is 0 Å². The molecule has 1 heterocycles. The average molecular weight is 268 g/mol. The van der Waals surface area contributed by atoms with Crippen molar-refractivity contribution in [3.63, 3.8) is 0 Å². The number of piperidine rings is 1. The lowest BCUT2D eigenvalue weighted by molar-refractivity contribution is -0.123. The number of carbonyl (C=O) groups is 1. The predicted molar refractivity (Wildman–Crippen MR) is 75.8 cm³/mol. The summed E-state index contributed by atoms with van der Waals surface area (Å²) in [5.74, 6) is 1.25. The number of aliphatic hydroxyl groups is 1. The van der Waals surface area contributed by atoms with E-state index in [0.717, 1.165) is 38.8 Å². The van der Waals surface area contributed by atoms with E-state index in [1.807, 2.05) is 0 Å². The summed E-state index contributed by atoms with van der Waals surface area (Å²) in [5, 5.41) is 16.1. The van der Waals surface area contributed by atoms with Crippen LogP contribution >= 0.6 is 0 Å². The third-order valence-electron chi connectivity index (χ3n) is 4.66. The number of nitrogens with one attached hydrogen (secondary N) is 2. The average Bonchev–Trinajstić information content (AvgIpc) is 2.39. The Bertz CT molecular complexity index is 290. The molecule has 110 valence electrons. The third kappa shape index (κ3) is 4.77. The molecule has 4 unspecified atom stereocenters. The van der Waals surface area contributed by atoms with E-state index in [1.54, 1.807) is 0 Å². The highest BCUT2D eigenvalue weighted by Gasteiger charge is 2.25. The molecule has 0 aromatic rings. The van der Waals surface area contributed by atoms with Crippen molar-refractivity contribution in [1.29, 1.82) is 0 Å². The van der Waals surface area contributed by atoms with E-state index < -0.39 is 0 Å². The van der Waals surface area contributed by atoms with Gasteiger partial charge in [-0.05, 0) is 63.5 Å². The van der Waals surface area contributed by atoms with E-state index in [0.29, 0.717) is 18.3 Å². The molecule has 4 nitrogen and oxygen atoms in total. The van der Waals surface area contributed by atoms with Crippen molar-refractivity contribution < 1.29 is 9.90 Å². The van der Waals surface area contributed by atoms with Gasteiger partial charge in [-0.2, -0.15) is 0 Å². The summed E-state index contributed by atoms with van der Waals surface area (Å²) in [6, 6.07) is 0.188. The van der Waals surface area contributed by atoms with Crippen molar-refractivity contribution in [1.82, 2.24) is 10.6 Å². The smallest absolute Gasteiger partial charge is 0.220 e. The van der Waals surface area contributed by atoms with Crippen molar-refractivity contribution in [2.75, 3.05) is 13.1 Å². The molecule has 1 aliphatic carbocycles. The molecule has 1 saturated heterocycles. The fourth-order valence-electron chi connectivity index (χ4n) is 3.41. The molecule has 1 saturated carbocycles. The Morgan fingerprint density at radius 2 is 2.21 bits per heavy atom. The number of carbonyl (C=O) groups excluding carboxylic acids is 1. The maximum atomic E-state index is 12.1. The molecule has 0 aromatic heterocycles. The van der Waals surface area contributed by atoms with Gasteiger partial charge in [0.05, 0.1) is 6.10 Å². The fraction of sp³-hybridized carbons (Fsp3) is 0.933. The van der Waals surface area contributed by atoms with Gasteiger partial charge in [0.2, 0.25) is 5.91 Å². The Kier molecular flexibility index (Phi) is 5.64. The predicted octanol–water partition coefficient (Wildman–Crippen LogP) is 1.43. The Labute approximate surface area is 116 Å². The Balaban J connectivity index is 1.70. The second kappa shape index (κ2) is 7.25. The normalized spacial score (nSPS) is 33.7. The minimum absolute atomic E-state index is 0.164. The van der Waals surface area contributed by atoms with E-state index in [-0.39, 0.29) is 18.1 Å². The standard InChI is InChI=1S/C15H28N2O2/c1-11(12-4-3-7-16-10-12)8-15(19)17-13-5-2-6-14(18)9-13/h11-14,16,18H,2-10H2,1H3,(H,17,19). The van der Waals surface area contributed by atoms with Crippen molar-refractivity contribution in [2.24, 2.45) is 11.8 Å². The van der Waals surface area contributed by atoms with Gasteiger partial charge < -0.3 is 15.7 Å². The second-order valence-corrected chi connectivity index (χ2v) is 6.37. The molecule has 1 amide bonds. The number of hydrogen-bond acceptors (Lipinski definition) is 3. The molecule has 19 heavy (non-hydrogen) atoms. The monoisotopic (exact) mass is 268 g/mol. The molecular formula is C15H28N2O2. The molecule has 2 rings (SSSR count). The molecule has 0 bridgehead atoms. The van der Waals surface area contributed by atoms with Crippen LogP contribution in [0, 0.1) is 11.8 Å². The summed E-state index contributed by atoms with van der Waals surface area (Å²) in [7, 11) is 0. The quantitative estimate of drug-likeness (QED) is 0.723. The highest BCUT2D eigenvalue weighted by atomic mass is 16.3. The summed E-state index contributed by atoms with van der Waals surface area (Å²) < 4.78 is 0. The molecule has 2 aliphatic rings. The van der Waals surface area contributed by atoms with Gasteiger partial charge in [0.1, 0.15) is 0 Å². The van der Waals surface area contributed by atoms with Crippen LogP contribution in [0.5, 0.6) is 0 Å². The first-order valence-electron chi connectivity index (χ1n) is 7.83. The first kappa shape index (κ1) is 14.8. The van der Waals surface area contributed by atoms with Gasteiger partial charge in [0, 0.05) is 12.5 Å². The molecule has 2 fully saturated rings. The van der Waals surface area contributed by atoms with Gasteiger partial charge in [-0.25, -0.2) is 0 Å². The van der Waals surface area contributed by atoms with Crippen molar-refractivity contribution in [2.45, 2.75) is 64.0 Å². The van der Waals surface area contributed by atoms with Crippen LogP contribution in [0.4, 0.5) is 0 Å². The largest absolute Gasteiger partial charge is 0.393 e. The van der Waals surface area contributed by atoms with Gasteiger partial charge in [-0.1, -0.05) is 6.92 Å².